The van der Waals surface area contributed by atoms with Crippen LogP contribution in [0.3, 0.4) is 0 Å². The Bertz CT molecular complexity index is 915. The molecule has 2 aromatic carbocycles. The lowest BCUT2D eigenvalue weighted by atomic mass is 10.1. The van der Waals surface area contributed by atoms with Crippen molar-refractivity contribution in [1.82, 2.24) is 14.8 Å². The molecule has 2 heterocycles. The zero-order valence-corrected chi connectivity index (χ0v) is 16.2. The van der Waals surface area contributed by atoms with Gasteiger partial charge < -0.3 is 9.88 Å². The van der Waals surface area contributed by atoms with Crippen molar-refractivity contribution in [2.75, 3.05) is 33.2 Å². The van der Waals surface area contributed by atoms with Crippen LogP contribution in [0, 0.1) is 11.6 Å². The van der Waals surface area contributed by atoms with Gasteiger partial charge in [-0.05, 0) is 55.1 Å². The van der Waals surface area contributed by atoms with E-state index in [1.165, 1.54) is 23.8 Å². The summed E-state index contributed by atoms with van der Waals surface area (Å²) in [5.41, 5.74) is 3.25. The normalized spacial score (nSPS) is 16.3. The second kappa shape index (κ2) is 8.00. The maximum Gasteiger partial charge on any atom is 0.123 e. The average Bonchev–Trinajstić information content (AvgIpc) is 3.00. The van der Waals surface area contributed by atoms with E-state index in [0.29, 0.717) is 0 Å². The summed E-state index contributed by atoms with van der Waals surface area (Å²) in [6.07, 6.45) is 0. The molecule has 1 N–H and O–H groups in total. The predicted octanol–water partition coefficient (Wildman–Crippen LogP) is 4.49. The number of nitrogens with one attached hydrogen (secondary N) is 1. The van der Waals surface area contributed by atoms with Crippen molar-refractivity contribution in [2.45, 2.75) is 17.2 Å². The van der Waals surface area contributed by atoms with Crippen LogP contribution < -0.4 is 0 Å². The Morgan fingerprint density at radius 2 is 1.67 bits per heavy atom. The second-order valence-electron chi connectivity index (χ2n) is 7.09. The van der Waals surface area contributed by atoms with Gasteiger partial charge in [0.05, 0.1) is 0 Å². The number of hydrogen-bond acceptors (Lipinski definition) is 3. The average molecular weight is 387 g/mol. The third-order valence-corrected chi connectivity index (χ3v) is 6.17. The number of nitrogens with zero attached hydrogens (tertiary/aromatic N) is 2. The summed E-state index contributed by atoms with van der Waals surface area (Å²) in [7, 11) is 2.14. The predicted molar refractivity (Wildman–Crippen MR) is 107 cm³/mol. The highest BCUT2D eigenvalue weighted by Gasteiger charge is 2.19. The van der Waals surface area contributed by atoms with Crippen LogP contribution in [-0.2, 0) is 12.3 Å². The highest BCUT2D eigenvalue weighted by Crippen LogP contribution is 2.30. The Morgan fingerprint density at radius 1 is 0.963 bits per heavy atom. The smallest absolute Gasteiger partial charge is 0.123 e. The molecule has 4 rings (SSSR count). The van der Waals surface area contributed by atoms with E-state index in [-0.39, 0.29) is 11.6 Å². The quantitative estimate of drug-likeness (QED) is 0.653. The summed E-state index contributed by atoms with van der Waals surface area (Å²) in [6, 6.07) is 11.5. The molecule has 0 spiro atoms. The van der Waals surface area contributed by atoms with Crippen molar-refractivity contribution < 1.29 is 8.78 Å². The van der Waals surface area contributed by atoms with Crippen LogP contribution in [0.25, 0.3) is 10.9 Å². The molecule has 1 aromatic heterocycles. The molecule has 0 saturated carbocycles. The molecule has 0 unspecified atom stereocenters. The molecule has 1 aliphatic heterocycles. The Labute approximate surface area is 162 Å². The number of H-pyrrole nitrogens is 1. The number of rotatable bonds is 5. The summed E-state index contributed by atoms with van der Waals surface area (Å²) in [5, 5.41) is 0.962. The maximum absolute atomic E-state index is 13.9. The van der Waals surface area contributed by atoms with E-state index in [4.69, 9.17) is 0 Å². The third kappa shape index (κ3) is 4.34. The van der Waals surface area contributed by atoms with Gasteiger partial charge in [-0.25, -0.2) is 8.78 Å². The van der Waals surface area contributed by atoms with Gasteiger partial charge in [0.2, 0.25) is 0 Å². The minimum atomic E-state index is -0.226. The van der Waals surface area contributed by atoms with Crippen molar-refractivity contribution in [3.63, 3.8) is 0 Å². The molecule has 0 amide bonds. The fraction of sp³-hybridized carbons (Fsp3) is 0.333. The fourth-order valence-corrected chi connectivity index (χ4v) is 4.38. The van der Waals surface area contributed by atoms with E-state index in [1.807, 2.05) is 6.07 Å². The zero-order valence-electron chi connectivity index (χ0n) is 15.3. The lowest BCUT2D eigenvalue weighted by Gasteiger charge is -2.32. The first-order valence-electron chi connectivity index (χ1n) is 9.17. The highest BCUT2D eigenvalue weighted by molar-refractivity contribution is 7.98. The van der Waals surface area contributed by atoms with Gasteiger partial charge in [-0.1, -0.05) is 0 Å². The van der Waals surface area contributed by atoms with Crippen LogP contribution in [-0.4, -0.2) is 48.0 Å². The summed E-state index contributed by atoms with van der Waals surface area (Å²) in [6.45, 7) is 4.95. The first-order chi connectivity index (χ1) is 13.1. The first-order valence-corrected chi connectivity index (χ1v) is 10.2. The topological polar surface area (TPSA) is 22.3 Å². The van der Waals surface area contributed by atoms with E-state index in [0.717, 1.165) is 60.0 Å². The number of piperazine rings is 1. The molecule has 3 aromatic rings. The van der Waals surface area contributed by atoms with Crippen molar-refractivity contribution in [3.8, 4) is 0 Å². The molecule has 1 aliphatic rings. The number of aromatic nitrogens is 1. The molecule has 0 atom stereocenters. The standard InChI is InChI=1S/C21H23F2N3S/c1-25-8-10-26(11-9-25)13-19-18-12-16(23)4-7-20(18)24-21(19)14-27-17-5-2-15(22)3-6-17/h2-7,12,24H,8-11,13-14H2,1H3. The van der Waals surface area contributed by atoms with Crippen LogP contribution in [0.1, 0.15) is 11.3 Å². The van der Waals surface area contributed by atoms with Crippen molar-refractivity contribution in [1.29, 1.82) is 0 Å². The van der Waals surface area contributed by atoms with Crippen molar-refractivity contribution >= 4 is 22.7 Å². The van der Waals surface area contributed by atoms with Crippen LogP contribution in [0.2, 0.25) is 0 Å². The van der Waals surface area contributed by atoms with Crippen LogP contribution in [0.4, 0.5) is 8.78 Å². The number of hydrogen-bond donors (Lipinski definition) is 1. The molecule has 6 heteroatoms. The Morgan fingerprint density at radius 3 is 2.41 bits per heavy atom. The second-order valence-corrected chi connectivity index (χ2v) is 8.14. The van der Waals surface area contributed by atoms with Gasteiger partial charge in [0.25, 0.3) is 0 Å². The van der Waals surface area contributed by atoms with E-state index >= 15 is 0 Å². The molecule has 1 saturated heterocycles. The summed E-state index contributed by atoms with van der Waals surface area (Å²) in [5.74, 6) is 0.306. The van der Waals surface area contributed by atoms with E-state index < -0.39 is 0 Å². The number of thioether (sulfide) groups is 1. The highest BCUT2D eigenvalue weighted by atomic mass is 32.2. The van der Waals surface area contributed by atoms with Gasteiger partial charge in [0, 0.05) is 60.0 Å². The van der Waals surface area contributed by atoms with Gasteiger partial charge >= 0.3 is 0 Å². The van der Waals surface area contributed by atoms with Gasteiger partial charge in [0.15, 0.2) is 0 Å². The van der Waals surface area contributed by atoms with Gasteiger partial charge in [0.1, 0.15) is 11.6 Å². The molecule has 27 heavy (non-hydrogen) atoms. The Hall–Kier alpha value is -1.89. The number of fused-ring (bicyclic) bond motifs is 1. The molecular weight excluding hydrogens is 364 g/mol. The van der Waals surface area contributed by atoms with Gasteiger partial charge in [-0.3, -0.25) is 4.90 Å². The number of aromatic amines is 1. The number of benzene rings is 2. The molecule has 0 bridgehead atoms. The Balaban J connectivity index is 1.59. The molecular formula is C21H23F2N3S. The van der Waals surface area contributed by atoms with Crippen LogP contribution in [0.5, 0.6) is 0 Å². The van der Waals surface area contributed by atoms with E-state index in [9.17, 15) is 8.78 Å². The molecule has 0 aliphatic carbocycles. The molecule has 3 nitrogen and oxygen atoms in total. The van der Waals surface area contributed by atoms with Gasteiger partial charge in [-0.15, -0.1) is 11.8 Å². The number of halogens is 2. The van der Waals surface area contributed by atoms with Crippen LogP contribution in [0.15, 0.2) is 47.4 Å². The first kappa shape index (κ1) is 18.5. The number of likely N-dealkylation sites (N-methyl/N-ethyl adjacent to an activating group) is 1. The lowest BCUT2D eigenvalue weighted by Crippen LogP contribution is -2.43. The molecule has 0 radical (unpaired) electrons. The SMILES string of the molecule is CN1CCN(Cc2c(CSc3ccc(F)cc3)[nH]c3ccc(F)cc23)CC1. The van der Waals surface area contributed by atoms with Crippen molar-refractivity contribution in [3.05, 3.63) is 65.4 Å². The maximum atomic E-state index is 13.9. The molecule has 142 valence electrons. The monoisotopic (exact) mass is 387 g/mol. The zero-order chi connectivity index (χ0) is 18.8. The van der Waals surface area contributed by atoms with Crippen LogP contribution >= 0.6 is 11.8 Å². The molecule has 1 fully saturated rings. The van der Waals surface area contributed by atoms with E-state index in [1.54, 1.807) is 30.0 Å². The largest absolute Gasteiger partial charge is 0.357 e. The van der Waals surface area contributed by atoms with Crippen molar-refractivity contribution in [2.24, 2.45) is 0 Å². The minimum Gasteiger partial charge on any atom is -0.357 e. The summed E-state index contributed by atoms with van der Waals surface area (Å²) in [4.78, 5) is 9.25. The minimum absolute atomic E-state index is 0.209. The summed E-state index contributed by atoms with van der Waals surface area (Å²) >= 11 is 1.66. The third-order valence-electron chi connectivity index (χ3n) is 5.13. The van der Waals surface area contributed by atoms with E-state index in [2.05, 4.69) is 21.8 Å². The fourth-order valence-electron chi connectivity index (χ4n) is 3.50. The lowest BCUT2D eigenvalue weighted by molar-refractivity contribution is 0.148. The Kier molecular flexibility index (Phi) is 5.48. The summed E-state index contributed by atoms with van der Waals surface area (Å²) < 4.78 is 27.0. The van der Waals surface area contributed by atoms with Gasteiger partial charge in [-0.2, -0.15) is 0 Å².